The molecule has 1 amide bonds. The van der Waals surface area contributed by atoms with Gasteiger partial charge >= 0.3 is 5.97 Å². The highest BCUT2D eigenvalue weighted by atomic mass is 16.5. The van der Waals surface area contributed by atoms with Crippen molar-refractivity contribution in [2.24, 2.45) is 0 Å². The number of esters is 1. The Morgan fingerprint density at radius 2 is 0.618 bits per heavy atom. The first-order valence-electron chi connectivity index (χ1n) is 34.9. The number of hydrogen-bond donors (Lipinski definition) is 3. The van der Waals surface area contributed by atoms with Crippen LogP contribution in [-0.2, 0) is 14.3 Å². The Labute approximate surface area is 476 Å². The second-order valence-corrected chi connectivity index (χ2v) is 24.2. The van der Waals surface area contributed by atoms with Crippen LogP contribution in [0.5, 0.6) is 0 Å². The average Bonchev–Trinajstić information content (AvgIpc) is 3.42. The molecule has 0 rings (SSSR count). The van der Waals surface area contributed by atoms with Crippen LogP contribution in [0, 0.1) is 0 Å². The predicted octanol–water partition coefficient (Wildman–Crippen LogP) is 22.4. The SMILES string of the molecule is CCCCC/C=C\CCCCCCCC(=O)OCCCCCCCCCCCCCCCCCCCCCCCCC(=O)NC(CO)C(O)CCCCCCCCCCCCCCCCCCCCCCCCCCC. The molecule has 0 bridgehead atoms. The molecule has 6 heteroatoms. The van der Waals surface area contributed by atoms with Gasteiger partial charge in [0.25, 0.3) is 0 Å². The molecule has 0 saturated carbocycles. The molecule has 0 aromatic rings. The van der Waals surface area contributed by atoms with Gasteiger partial charge in [-0.15, -0.1) is 0 Å². The zero-order chi connectivity index (χ0) is 55.0. The molecule has 2 unspecified atom stereocenters. The van der Waals surface area contributed by atoms with Crippen molar-refractivity contribution in [2.75, 3.05) is 13.2 Å². The second-order valence-electron chi connectivity index (χ2n) is 24.2. The first-order chi connectivity index (χ1) is 37.5. The van der Waals surface area contributed by atoms with Crippen LogP contribution in [0.15, 0.2) is 12.2 Å². The molecule has 0 spiro atoms. The molecule has 0 heterocycles. The maximum Gasteiger partial charge on any atom is 0.305 e. The van der Waals surface area contributed by atoms with Crippen molar-refractivity contribution in [1.82, 2.24) is 5.32 Å². The molecular weight excluding hydrogens is 935 g/mol. The fourth-order valence-electron chi connectivity index (χ4n) is 11.2. The van der Waals surface area contributed by atoms with Gasteiger partial charge in [0.2, 0.25) is 5.91 Å². The molecule has 0 aliphatic carbocycles. The van der Waals surface area contributed by atoms with E-state index in [2.05, 4.69) is 31.3 Å². The van der Waals surface area contributed by atoms with Crippen molar-refractivity contribution >= 4 is 11.9 Å². The molecule has 452 valence electrons. The van der Waals surface area contributed by atoms with E-state index in [0.29, 0.717) is 25.9 Å². The van der Waals surface area contributed by atoms with Crippen LogP contribution in [0.4, 0.5) is 0 Å². The summed E-state index contributed by atoms with van der Waals surface area (Å²) in [6.45, 7) is 4.97. The van der Waals surface area contributed by atoms with Gasteiger partial charge in [0.05, 0.1) is 25.4 Å². The fourth-order valence-corrected chi connectivity index (χ4v) is 11.2. The largest absolute Gasteiger partial charge is 0.466 e. The molecule has 6 nitrogen and oxygen atoms in total. The Kier molecular flexibility index (Phi) is 64.9. The minimum absolute atomic E-state index is 0.00436. The van der Waals surface area contributed by atoms with Gasteiger partial charge in [-0.25, -0.2) is 0 Å². The molecule has 0 saturated heterocycles. The van der Waals surface area contributed by atoms with Crippen molar-refractivity contribution < 1.29 is 24.5 Å². The Bertz CT molecular complexity index is 1140. The van der Waals surface area contributed by atoms with E-state index in [9.17, 15) is 19.8 Å². The minimum Gasteiger partial charge on any atom is -0.466 e. The molecule has 76 heavy (non-hydrogen) atoms. The van der Waals surface area contributed by atoms with E-state index in [4.69, 9.17) is 4.74 Å². The van der Waals surface area contributed by atoms with Crippen LogP contribution < -0.4 is 5.32 Å². The summed E-state index contributed by atoms with van der Waals surface area (Å²) in [4.78, 5) is 24.6. The number of unbranched alkanes of at least 4 members (excludes halogenated alkanes) is 53. The number of hydrogen-bond acceptors (Lipinski definition) is 5. The van der Waals surface area contributed by atoms with Gasteiger partial charge in [0.1, 0.15) is 0 Å². The van der Waals surface area contributed by atoms with E-state index in [1.54, 1.807) is 0 Å². The van der Waals surface area contributed by atoms with Gasteiger partial charge in [0.15, 0.2) is 0 Å². The Morgan fingerprint density at radius 1 is 0.355 bits per heavy atom. The van der Waals surface area contributed by atoms with Crippen LogP contribution in [0.2, 0.25) is 0 Å². The summed E-state index contributed by atoms with van der Waals surface area (Å²) in [5, 5.41) is 23.4. The Balaban J connectivity index is 3.38. The van der Waals surface area contributed by atoms with Crippen LogP contribution in [-0.4, -0.2) is 47.4 Å². The third kappa shape index (κ3) is 61.8. The van der Waals surface area contributed by atoms with E-state index in [0.717, 1.165) is 44.9 Å². The van der Waals surface area contributed by atoms with E-state index in [-0.39, 0.29) is 18.5 Å². The quantitative estimate of drug-likeness (QED) is 0.0320. The van der Waals surface area contributed by atoms with E-state index >= 15 is 0 Å². The number of rotatable bonds is 66. The van der Waals surface area contributed by atoms with Crippen molar-refractivity contribution in [3.8, 4) is 0 Å². The van der Waals surface area contributed by atoms with Gasteiger partial charge in [0, 0.05) is 12.8 Å². The summed E-state index contributed by atoms with van der Waals surface area (Å²) < 4.78 is 5.47. The first kappa shape index (κ1) is 74.6. The monoisotopic (exact) mass is 1070 g/mol. The summed E-state index contributed by atoms with van der Waals surface area (Å²) in [5.41, 5.74) is 0. The maximum atomic E-state index is 12.6. The predicted molar refractivity (Wildman–Crippen MR) is 333 cm³/mol. The number of carbonyl (C=O) groups excluding carboxylic acids is 2. The molecule has 3 N–H and O–H groups in total. The van der Waals surface area contributed by atoms with Crippen molar-refractivity contribution in [1.29, 1.82) is 0 Å². The number of amides is 1. The number of carbonyl (C=O) groups is 2. The van der Waals surface area contributed by atoms with Gasteiger partial charge in [-0.1, -0.05) is 347 Å². The fraction of sp³-hybridized carbons (Fsp3) is 0.943. The Hall–Kier alpha value is -1.40. The summed E-state index contributed by atoms with van der Waals surface area (Å²) >= 11 is 0. The number of ether oxygens (including phenoxy) is 1. The summed E-state index contributed by atoms with van der Waals surface area (Å²) in [5.74, 6) is -0.0256. The number of allylic oxidation sites excluding steroid dienone is 2. The standard InChI is InChI=1S/C70H137NO5/c1-3-5-7-9-11-13-15-17-18-19-20-21-22-23-24-27-30-33-36-39-42-46-50-54-58-62-68(73)67(66-72)71-69(74)63-59-55-51-47-43-40-37-34-31-28-25-26-29-32-35-38-41-45-49-53-57-61-65-76-70(75)64-60-56-52-48-44-16-14-12-10-8-6-4-2/h12,14,67-68,72-73H,3-11,13,15-66H2,1-2H3,(H,71,74)/b14-12-. The van der Waals surface area contributed by atoms with Gasteiger partial charge in [-0.2, -0.15) is 0 Å². The number of nitrogens with one attached hydrogen (secondary N) is 1. The lowest BCUT2D eigenvalue weighted by Crippen LogP contribution is -2.45. The summed E-state index contributed by atoms with van der Waals surface area (Å²) in [6.07, 6.45) is 81.1. The van der Waals surface area contributed by atoms with Crippen molar-refractivity contribution in [3.05, 3.63) is 12.2 Å². The van der Waals surface area contributed by atoms with Crippen LogP contribution in [0.3, 0.4) is 0 Å². The molecular formula is C70H137NO5. The molecule has 0 radical (unpaired) electrons. The van der Waals surface area contributed by atoms with Gasteiger partial charge in [-0.05, 0) is 51.4 Å². The molecule has 0 aromatic heterocycles. The molecule has 0 aliphatic heterocycles. The zero-order valence-electron chi connectivity index (χ0n) is 51.8. The first-order valence-corrected chi connectivity index (χ1v) is 34.9. The van der Waals surface area contributed by atoms with Gasteiger partial charge in [-0.3, -0.25) is 9.59 Å². The molecule has 2 atom stereocenters. The summed E-state index contributed by atoms with van der Waals surface area (Å²) in [6, 6.07) is -0.543. The highest BCUT2D eigenvalue weighted by molar-refractivity contribution is 5.76. The second kappa shape index (κ2) is 66.1. The highest BCUT2D eigenvalue weighted by Gasteiger charge is 2.20. The lowest BCUT2D eigenvalue weighted by molar-refractivity contribution is -0.143. The van der Waals surface area contributed by atoms with E-state index in [1.807, 2.05) is 0 Å². The number of aliphatic hydroxyl groups excluding tert-OH is 2. The number of aliphatic hydroxyl groups is 2. The van der Waals surface area contributed by atoms with E-state index < -0.39 is 12.1 Å². The zero-order valence-corrected chi connectivity index (χ0v) is 51.8. The topological polar surface area (TPSA) is 95.9 Å². The Morgan fingerprint density at radius 3 is 0.961 bits per heavy atom. The molecule has 0 fully saturated rings. The van der Waals surface area contributed by atoms with Crippen molar-refractivity contribution in [2.45, 2.75) is 411 Å². The van der Waals surface area contributed by atoms with Gasteiger partial charge < -0.3 is 20.3 Å². The van der Waals surface area contributed by atoms with E-state index in [1.165, 1.54) is 321 Å². The van der Waals surface area contributed by atoms with Crippen molar-refractivity contribution in [3.63, 3.8) is 0 Å². The summed E-state index contributed by atoms with van der Waals surface area (Å²) in [7, 11) is 0. The highest BCUT2D eigenvalue weighted by Crippen LogP contribution is 2.19. The maximum absolute atomic E-state index is 12.6. The molecule has 0 aromatic carbocycles. The van der Waals surface area contributed by atoms with Crippen LogP contribution in [0.25, 0.3) is 0 Å². The molecule has 0 aliphatic rings. The lowest BCUT2D eigenvalue weighted by Gasteiger charge is -2.22. The minimum atomic E-state index is -0.665. The third-order valence-electron chi connectivity index (χ3n) is 16.6. The third-order valence-corrected chi connectivity index (χ3v) is 16.6. The van der Waals surface area contributed by atoms with Crippen LogP contribution in [0.1, 0.15) is 399 Å². The van der Waals surface area contributed by atoms with Crippen LogP contribution >= 0.6 is 0 Å². The average molecular weight is 1070 g/mol. The normalized spacial score (nSPS) is 12.5. The smallest absolute Gasteiger partial charge is 0.305 e. The lowest BCUT2D eigenvalue weighted by atomic mass is 10.0.